The number of rotatable bonds is 9. The first-order valence-corrected chi connectivity index (χ1v) is 11.6. The molecule has 1 aliphatic heterocycles. The van der Waals surface area contributed by atoms with Crippen molar-refractivity contribution in [3.05, 3.63) is 72.0 Å². The number of morpholine rings is 1. The Labute approximate surface area is 203 Å². The van der Waals surface area contributed by atoms with E-state index in [1.54, 1.807) is 12.1 Å². The maximum Gasteiger partial charge on any atom is 0.263 e. The zero-order valence-electron chi connectivity index (χ0n) is 18.8. The van der Waals surface area contributed by atoms with E-state index in [4.69, 9.17) is 21.1 Å². The molecule has 34 heavy (non-hydrogen) atoms. The van der Waals surface area contributed by atoms with Gasteiger partial charge in [0.2, 0.25) is 5.91 Å². The molecule has 0 aromatic heterocycles. The van der Waals surface area contributed by atoms with Crippen LogP contribution in [0.1, 0.15) is 6.42 Å². The van der Waals surface area contributed by atoms with Gasteiger partial charge in [-0.2, -0.15) is 0 Å². The van der Waals surface area contributed by atoms with Crippen LogP contribution >= 0.6 is 0 Å². The van der Waals surface area contributed by atoms with Crippen molar-refractivity contribution in [2.45, 2.75) is 6.42 Å². The Bertz CT molecular complexity index is 1180. The summed E-state index contributed by atoms with van der Waals surface area (Å²) in [6.45, 7) is 8.41. The highest BCUT2D eigenvalue weighted by Gasteiger charge is 2.14. The van der Waals surface area contributed by atoms with Crippen molar-refractivity contribution in [1.82, 2.24) is 4.90 Å². The molecule has 6 nitrogen and oxygen atoms in total. The fourth-order valence-electron chi connectivity index (χ4n) is 3.85. The second-order valence-corrected chi connectivity index (χ2v) is 8.43. The van der Waals surface area contributed by atoms with Crippen LogP contribution in [0.5, 0.6) is 5.75 Å². The predicted octanol–water partition coefficient (Wildman–Crippen LogP) is 4.64. The third-order valence-electron chi connectivity index (χ3n) is 5.61. The van der Waals surface area contributed by atoms with Gasteiger partial charge in [-0.05, 0) is 48.2 Å². The molecule has 178 valence electrons. The molecule has 8 heteroatoms. The van der Waals surface area contributed by atoms with Gasteiger partial charge in [-0.3, -0.25) is 9.69 Å². The van der Waals surface area contributed by atoms with E-state index in [2.05, 4.69) is 22.1 Å². The van der Waals surface area contributed by atoms with Crippen molar-refractivity contribution in [1.29, 1.82) is 0 Å². The molecule has 0 atom stereocenters. The molecule has 3 aromatic rings. The first-order chi connectivity index (χ1) is 16.5. The minimum absolute atomic E-state index is 0.150. The van der Waals surface area contributed by atoms with E-state index in [-0.39, 0.29) is 10.9 Å². The Kier molecular flexibility index (Phi) is 8.00. The summed E-state index contributed by atoms with van der Waals surface area (Å²) in [5.74, 6) is -0.156. The maximum atomic E-state index is 13.6. The lowest BCUT2D eigenvalue weighted by Crippen LogP contribution is -2.37. The second kappa shape index (κ2) is 11.3. The summed E-state index contributed by atoms with van der Waals surface area (Å²) >= 11 is 5.05. The van der Waals surface area contributed by atoms with Crippen molar-refractivity contribution in [2.24, 2.45) is 0 Å². The molecule has 1 amide bonds. The highest BCUT2D eigenvalue weighted by molar-refractivity contribution is 6.04. The van der Waals surface area contributed by atoms with E-state index in [0.29, 0.717) is 23.7 Å². The Morgan fingerprint density at radius 1 is 1.18 bits per heavy atom. The lowest BCUT2D eigenvalue weighted by atomic mass is 10.1. The molecule has 3 aromatic carbocycles. The van der Waals surface area contributed by atoms with Crippen LogP contribution in [-0.2, 0) is 9.53 Å². The summed E-state index contributed by atoms with van der Waals surface area (Å²) in [4.78, 5) is 14.4. The second-order valence-electron chi connectivity index (χ2n) is 7.99. The molecule has 0 unspecified atom stereocenters. The van der Waals surface area contributed by atoms with Crippen LogP contribution in [0, 0.1) is 17.4 Å². The van der Waals surface area contributed by atoms with Gasteiger partial charge in [0.15, 0.2) is 17.4 Å². The van der Waals surface area contributed by atoms with Crippen LogP contribution in [0.4, 0.5) is 21.5 Å². The number of ether oxygens (including phenoxy) is 2. The molecule has 1 fully saturated rings. The molecule has 0 bridgehead atoms. The number of carbonyl (C=O) groups excluding carboxylic acids is 1. The highest BCUT2D eigenvalue weighted by Crippen LogP contribution is 2.35. The minimum Gasteiger partial charge on any atom is -0.491 e. The third kappa shape index (κ3) is 6.05. The molecule has 1 heterocycles. The van der Waals surface area contributed by atoms with Gasteiger partial charge in [0, 0.05) is 42.5 Å². The van der Waals surface area contributed by atoms with Gasteiger partial charge in [0.25, 0.3) is 5.02 Å². The van der Waals surface area contributed by atoms with Crippen molar-refractivity contribution >= 4 is 33.7 Å². The molecule has 0 saturated carbocycles. The number of hydrogen-bond donors (Lipinski definition) is 2. The van der Waals surface area contributed by atoms with Gasteiger partial charge in [-0.25, -0.2) is 4.39 Å². The van der Waals surface area contributed by atoms with Gasteiger partial charge < -0.3 is 20.1 Å². The SMILES string of the molecule is C=CC(=O)Nc1cc2c(Nc3ccc(F)c([ClH+])c3)cccc2cc1OCCCN1CCOCC1. The van der Waals surface area contributed by atoms with E-state index in [1.807, 2.05) is 30.3 Å². The Morgan fingerprint density at radius 3 is 2.76 bits per heavy atom. The van der Waals surface area contributed by atoms with Crippen LogP contribution in [-0.4, -0.2) is 50.3 Å². The summed E-state index contributed by atoms with van der Waals surface area (Å²) < 4.78 is 25.0. The molecule has 0 aliphatic carbocycles. The molecular weight excluding hydrogens is 457 g/mol. The van der Waals surface area contributed by atoms with Gasteiger partial charge in [-0.15, -0.1) is 0 Å². The summed E-state index contributed by atoms with van der Waals surface area (Å²) in [5.41, 5.74) is 2.03. The maximum absolute atomic E-state index is 13.6. The van der Waals surface area contributed by atoms with E-state index < -0.39 is 5.82 Å². The summed E-state index contributed by atoms with van der Waals surface area (Å²) in [7, 11) is 0. The first-order valence-electron chi connectivity index (χ1n) is 11.2. The number of benzene rings is 3. The van der Waals surface area contributed by atoms with Gasteiger partial charge in [0.05, 0.1) is 25.5 Å². The fourth-order valence-corrected chi connectivity index (χ4v) is 4.04. The van der Waals surface area contributed by atoms with E-state index in [9.17, 15) is 9.18 Å². The fraction of sp³-hybridized carbons (Fsp3) is 0.269. The quantitative estimate of drug-likeness (QED) is 0.342. The van der Waals surface area contributed by atoms with E-state index in [0.717, 1.165) is 55.7 Å². The Balaban J connectivity index is 1.56. The smallest absolute Gasteiger partial charge is 0.263 e. The van der Waals surface area contributed by atoms with E-state index >= 15 is 0 Å². The van der Waals surface area contributed by atoms with Crippen molar-refractivity contribution < 1.29 is 30.3 Å². The van der Waals surface area contributed by atoms with Crippen LogP contribution in [0.25, 0.3) is 10.8 Å². The van der Waals surface area contributed by atoms with Crippen LogP contribution in [0.3, 0.4) is 0 Å². The first kappa shape index (κ1) is 24.0. The van der Waals surface area contributed by atoms with Gasteiger partial charge in [-0.1, -0.05) is 18.7 Å². The molecular formula is C26H28ClFN3O3+. The normalized spacial score (nSPS) is 14.1. The topological polar surface area (TPSA) is 62.8 Å². The van der Waals surface area contributed by atoms with Crippen molar-refractivity contribution in [3.63, 3.8) is 0 Å². The number of carbonyl (C=O) groups is 1. The number of nitrogens with zero attached hydrogens (tertiary/aromatic N) is 1. The lowest BCUT2D eigenvalue weighted by molar-refractivity contribution is -0.293. The molecule has 0 radical (unpaired) electrons. The molecule has 4 rings (SSSR count). The van der Waals surface area contributed by atoms with Crippen molar-refractivity contribution in [2.75, 3.05) is 50.1 Å². The average molecular weight is 485 g/mol. The monoisotopic (exact) mass is 484 g/mol. The van der Waals surface area contributed by atoms with Crippen LogP contribution in [0.15, 0.2) is 61.2 Å². The van der Waals surface area contributed by atoms with Crippen LogP contribution < -0.4 is 15.4 Å². The molecule has 2 N–H and O–H groups in total. The number of anilines is 3. The highest BCUT2D eigenvalue weighted by atomic mass is 35.5. The summed E-state index contributed by atoms with van der Waals surface area (Å²) in [5, 5.41) is 8.10. The number of amides is 1. The van der Waals surface area contributed by atoms with Gasteiger partial charge in [0.1, 0.15) is 5.75 Å². The lowest BCUT2D eigenvalue weighted by Gasteiger charge is -2.26. The number of fused-ring (bicyclic) bond motifs is 1. The standard InChI is InChI=1S/C26H27ClFN3O3/c1-2-26(32)30-24-17-20-18(15-25(24)34-12-4-9-31-10-13-33-14-11-31)5-3-6-23(20)29-19-7-8-22(28)21(27)16-19/h2-3,5-8,15-17,27,29H,1,4,9-14H2/p+1. The number of hydrogen-bond acceptors (Lipinski definition) is 5. The predicted molar refractivity (Wildman–Crippen MR) is 130 cm³/mol. The molecule has 1 saturated heterocycles. The third-order valence-corrected chi connectivity index (χ3v) is 5.93. The molecule has 0 spiro atoms. The largest absolute Gasteiger partial charge is 0.491 e. The van der Waals surface area contributed by atoms with Gasteiger partial charge >= 0.3 is 0 Å². The average Bonchev–Trinajstić information content (AvgIpc) is 2.85. The number of nitrogens with one attached hydrogen (secondary N) is 2. The Hall–Kier alpha value is -3.13. The zero-order valence-corrected chi connectivity index (χ0v) is 19.6. The van der Waals surface area contributed by atoms with Crippen LogP contribution in [0.2, 0.25) is 5.02 Å². The summed E-state index contributed by atoms with van der Waals surface area (Å²) in [6.07, 6.45) is 2.09. The van der Waals surface area contributed by atoms with Crippen molar-refractivity contribution in [3.8, 4) is 5.75 Å². The zero-order chi connectivity index (χ0) is 23.9. The minimum atomic E-state index is -0.427. The summed E-state index contributed by atoms with van der Waals surface area (Å²) in [6, 6.07) is 14.2. The Morgan fingerprint density at radius 2 is 2.00 bits per heavy atom. The molecule has 1 aliphatic rings. The van der Waals surface area contributed by atoms with E-state index in [1.165, 1.54) is 12.1 Å². The number of halogens is 2.